The minimum Gasteiger partial charge on any atom is -0.481 e. The maximum atomic E-state index is 12.3. The quantitative estimate of drug-likeness (QED) is 0.829. The van der Waals surface area contributed by atoms with Crippen LogP contribution >= 0.6 is 0 Å². The van der Waals surface area contributed by atoms with Crippen LogP contribution in [0.15, 0.2) is 0 Å². The molecule has 1 aliphatic heterocycles. The predicted molar refractivity (Wildman–Crippen MR) is 88.2 cm³/mol. The van der Waals surface area contributed by atoms with E-state index in [1.54, 1.807) is 4.90 Å². The summed E-state index contributed by atoms with van der Waals surface area (Å²) in [6.45, 7) is 2.24. The number of carbonyl (C=O) groups is 3. The first-order valence-electron chi connectivity index (χ1n) is 9.35. The van der Waals surface area contributed by atoms with E-state index in [0.717, 1.165) is 6.42 Å². The zero-order chi connectivity index (χ0) is 17.1. The zero-order valence-corrected chi connectivity index (χ0v) is 14.3. The van der Waals surface area contributed by atoms with Gasteiger partial charge in [0, 0.05) is 32.6 Å². The van der Waals surface area contributed by atoms with Gasteiger partial charge in [-0.15, -0.1) is 0 Å². The minimum absolute atomic E-state index is 0.0447. The first kappa shape index (κ1) is 17.2. The average Bonchev–Trinajstić information content (AvgIpc) is 3.41. The van der Waals surface area contributed by atoms with Gasteiger partial charge in [0.25, 0.3) is 0 Å². The third kappa shape index (κ3) is 4.08. The number of carboxylic acid groups (broad SMARTS) is 1. The molecule has 6 heteroatoms. The van der Waals surface area contributed by atoms with Gasteiger partial charge in [-0.2, -0.15) is 0 Å². The maximum Gasteiger partial charge on any atom is 0.307 e. The highest BCUT2D eigenvalue weighted by atomic mass is 16.4. The summed E-state index contributed by atoms with van der Waals surface area (Å²) in [7, 11) is 0. The highest BCUT2D eigenvalue weighted by Gasteiger charge is 2.50. The number of amides is 2. The van der Waals surface area contributed by atoms with E-state index in [-0.39, 0.29) is 17.7 Å². The normalized spacial score (nSPS) is 27.8. The fourth-order valence-corrected chi connectivity index (χ4v) is 4.11. The molecule has 0 aromatic carbocycles. The Morgan fingerprint density at radius 3 is 2.08 bits per heavy atom. The molecule has 1 N–H and O–H groups in total. The maximum absolute atomic E-state index is 12.3. The molecule has 134 valence electrons. The Labute approximate surface area is 143 Å². The molecule has 2 atom stereocenters. The van der Waals surface area contributed by atoms with E-state index in [1.165, 1.54) is 32.1 Å². The Bertz CT molecular complexity index is 493. The Morgan fingerprint density at radius 2 is 1.50 bits per heavy atom. The fourth-order valence-electron chi connectivity index (χ4n) is 4.11. The third-order valence-electron chi connectivity index (χ3n) is 5.86. The Kier molecular flexibility index (Phi) is 5.41. The molecule has 6 nitrogen and oxygen atoms in total. The van der Waals surface area contributed by atoms with Gasteiger partial charge in [-0.1, -0.05) is 32.1 Å². The second kappa shape index (κ2) is 7.53. The zero-order valence-electron chi connectivity index (χ0n) is 14.3. The van der Waals surface area contributed by atoms with Crippen molar-refractivity contribution in [2.75, 3.05) is 26.2 Å². The van der Waals surface area contributed by atoms with Crippen molar-refractivity contribution in [3.05, 3.63) is 0 Å². The summed E-state index contributed by atoms with van der Waals surface area (Å²) in [5.74, 6) is -0.818. The first-order valence-corrected chi connectivity index (χ1v) is 9.35. The lowest BCUT2D eigenvalue weighted by Gasteiger charge is -2.35. The molecule has 1 saturated heterocycles. The van der Waals surface area contributed by atoms with E-state index in [4.69, 9.17) is 5.11 Å². The highest BCUT2D eigenvalue weighted by molar-refractivity contribution is 5.89. The van der Waals surface area contributed by atoms with Crippen LogP contribution in [0, 0.1) is 17.8 Å². The summed E-state index contributed by atoms with van der Waals surface area (Å²) < 4.78 is 0. The smallest absolute Gasteiger partial charge is 0.307 e. The fraction of sp³-hybridized carbons (Fsp3) is 0.833. The standard InChI is InChI=1S/C18H28N2O4/c21-16(7-6-13-4-2-1-3-5-13)19-8-10-20(11-9-19)17(22)14-12-15(14)18(23)24/h13-15H,1-12H2,(H,23,24). The van der Waals surface area contributed by atoms with Gasteiger partial charge in [-0.05, 0) is 18.8 Å². The number of piperazine rings is 1. The Balaban J connectivity index is 1.37. The van der Waals surface area contributed by atoms with Crippen LogP contribution in [0.1, 0.15) is 51.4 Å². The molecule has 0 spiro atoms. The summed E-state index contributed by atoms with van der Waals surface area (Å²) in [5, 5.41) is 8.93. The molecule has 1 heterocycles. The van der Waals surface area contributed by atoms with Crippen molar-refractivity contribution in [2.45, 2.75) is 51.4 Å². The van der Waals surface area contributed by atoms with Gasteiger partial charge < -0.3 is 14.9 Å². The van der Waals surface area contributed by atoms with Crippen molar-refractivity contribution in [3.8, 4) is 0 Å². The van der Waals surface area contributed by atoms with Crippen molar-refractivity contribution in [3.63, 3.8) is 0 Å². The summed E-state index contributed by atoms with van der Waals surface area (Å²) in [6, 6.07) is 0. The predicted octanol–water partition coefficient (Wildman–Crippen LogP) is 1.74. The van der Waals surface area contributed by atoms with Crippen molar-refractivity contribution < 1.29 is 19.5 Å². The lowest BCUT2D eigenvalue weighted by Crippen LogP contribution is -2.51. The molecule has 0 aromatic rings. The van der Waals surface area contributed by atoms with Crippen LogP contribution in [0.2, 0.25) is 0 Å². The Hall–Kier alpha value is -1.59. The topological polar surface area (TPSA) is 77.9 Å². The van der Waals surface area contributed by atoms with Gasteiger partial charge in [0.05, 0.1) is 11.8 Å². The summed E-state index contributed by atoms with van der Waals surface area (Å²) in [5.41, 5.74) is 0. The van der Waals surface area contributed by atoms with Crippen LogP contribution in [0.25, 0.3) is 0 Å². The summed E-state index contributed by atoms with van der Waals surface area (Å²) in [4.78, 5) is 39.1. The molecule has 3 rings (SSSR count). The molecule has 2 unspecified atom stereocenters. The number of rotatable bonds is 5. The molecule has 2 amide bonds. The van der Waals surface area contributed by atoms with Crippen LogP contribution < -0.4 is 0 Å². The molecule has 0 radical (unpaired) electrons. The van der Waals surface area contributed by atoms with Crippen LogP contribution in [-0.2, 0) is 14.4 Å². The van der Waals surface area contributed by atoms with Gasteiger partial charge in [0.2, 0.25) is 11.8 Å². The van der Waals surface area contributed by atoms with E-state index >= 15 is 0 Å². The molecular weight excluding hydrogens is 308 g/mol. The van der Waals surface area contributed by atoms with E-state index in [1.807, 2.05) is 4.90 Å². The minimum atomic E-state index is -0.870. The number of aliphatic carboxylic acids is 1. The lowest BCUT2D eigenvalue weighted by molar-refractivity contribution is -0.143. The molecule has 0 bridgehead atoms. The first-order chi connectivity index (χ1) is 11.6. The highest BCUT2D eigenvalue weighted by Crippen LogP contribution is 2.40. The van der Waals surface area contributed by atoms with Crippen LogP contribution in [0.4, 0.5) is 0 Å². The van der Waals surface area contributed by atoms with E-state index in [9.17, 15) is 14.4 Å². The number of hydrogen-bond donors (Lipinski definition) is 1. The molecule has 2 saturated carbocycles. The van der Waals surface area contributed by atoms with E-state index < -0.39 is 11.9 Å². The van der Waals surface area contributed by atoms with Crippen molar-refractivity contribution in [2.24, 2.45) is 17.8 Å². The second-order valence-corrected chi connectivity index (χ2v) is 7.54. The van der Waals surface area contributed by atoms with Crippen molar-refractivity contribution in [1.29, 1.82) is 0 Å². The van der Waals surface area contributed by atoms with Crippen molar-refractivity contribution in [1.82, 2.24) is 9.80 Å². The monoisotopic (exact) mass is 336 g/mol. The molecule has 3 aliphatic rings. The SMILES string of the molecule is O=C(O)C1CC1C(=O)N1CCN(C(=O)CCC2CCCCC2)CC1. The number of carbonyl (C=O) groups excluding carboxylic acids is 2. The molecule has 0 aromatic heterocycles. The second-order valence-electron chi connectivity index (χ2n) is 7.54. The third-order valence-corrected chi connectivity index (χ3v) is 5.86. The summed E-state index contributed by atoms with van der Waals surface area (Å²) >= 11 is 0. The van der Waals surface area contributed by atoms with Gasteiger partial charge >= 0.3 is 5.97 Å². The summed E-state index contributed by atoms with van der Waals surface area (Å²) in [6.07, 6.45) is 8.57. The van der Waals surface area contributed by atoms with Gasteiger partial charge in [0.15, 0.2) is 0 Å². The molecule has 24 heavy (non-hydrogen) atoms. The van der Waals surface area contributed by atoms with Gasteiger partial charge in [0.1, 0.15) is 0 Å². The molecule has 2 aliphatic carbocycles. The number of nitrogens with zero attached hydrogens (tertiary/aromatic N) is 2. The van der Waals surface area contributed by atoms with Crippen molar-refractivity contribution >= 4 is 17.8 Å². The lowest BCUT2D eigenvalue weighted by atomic mass is 9.86. The van der Waals surface area contributed by atoms with Crippen LogP contribution in [0.3, 0.4) is 0 Å². The number of carboxylic acids is 1. The Morgan fingerprint density at radius 1 is 0.875 bits per heavy atom. The van der Waals surface area contributed by atoms with Crippen LogP contribution in [0.5, 0.6) is 0 Å². The van der Waals surface area contributed by atoms with E-state index in [2.05, 4.69) is 0 Å². The molecular formula is C18H28N2O4. The van der Waals surface area contributed by atoms with Gasteiger partial charge in [-0.3, -0.25) is 14.4 Å². The van der Waals surface area contributed by atoms with E-state index in [0.29, 0.717) is 44.9 Å². The average molecular weight is 336 g/mol. The molecule has 3 fully saturated rings. The van der Waals surface area contributed by atoms with Crippen LogP contribution in [-0.4, -0.2) is 58.9 Å². The number of hydrogen-bond acceptors (Lipinski definition) is 3. The largest absolute Gasteiger partial charge is 0.481 e. The van der Waals surface area contributed by atoms with Gasteiger partial charge in [-0.25, -0.2) is 0 Å².